The maximum absolute atomic E-state index is 12.4. The lowest BCUT2D eigenvalue weighted by Crippen LogP contribution is -2.33. The van der Waals surface area contributed by atoms with E-state index in [0.29, 0.717) is 5.02 Å². The summed E-state index contributed by atoms with van der Waals surface area (Å²) in [6, 6.07) is 14.6. The number of carbonyl (C=O) groups excluding carboxylic acids is 2. The standard InChI is InChI=1S/C21H19ClN2O3S/c1-14(21-23-17-5-3-4-6-18(17)28-21)24(2)19(25)13-27-20(26)12-9-15-7-10-16(22)11-8-15/h3-12,14H,13H2,1-2H3/b12-9+/t14-/m0/s1. The van der Waals surface area contributed by atoms with Crippen LogP contribution in [0.1, 0.15) is 23.5 Å². The molecule has 0 saturated heterocycles. The molecule has 0 spiro atoms. The number of thiazole rings is 1. The Morgan fingerprint density at radius 2 is 1.93 bits per heavy atom. The van der Waals surface area contributed by atoms with Crippen LogP contribution in [0.2, 0.25) is 5.02 Å². The normalized spacial score (nSPS) is 12.2. The summed E-state index contributed by atoms with van der Waals surface area (Å²) in [4.78, 5) is 30.3. The summed E-state index contributed by atoms with van der Waals surface area (Å²) in [5.41, 5.74) is 1.73. The van der Waals surface area contributed by atoms with Crippen molar-refractivity contribution in [1.82, 2.24) is 9.88 Å². The minimum Gasteiger partial charge on any atom is -0.452 e. The average molecular weight is 415 g/mol. The molecule has 7 heteroatoms. The van der Waals surface area contributed by atoms with Crippen molar-refractivity contribution in [2.45, 2.75) is 13.0 Å². The van der Waals surface area contributed by atoms with Crippen molar-refractivity contribution < 1.29 is 14.3 Å². The van der Waals surface area contributed by atoms with E-state index in [1.54, 1.807) is 48.7 Å². The van der Waals surface area contributed by atoms with Gasteiger partial charge in [0, 0.05) is 18.1 Å². The van der Waals surface area contributed by atoms with Crippen molar-refractivity contribution >= 4 is 51.1 Å². The van der Waals surface area contributed by atoms with Crippen LogP contribution < -0.4 is 0 Å². The summed E-state index contributed by atoms with van der Waals surface area (Å²) in [5, 5.41) is 1.46. The predicted octanol–water partition coefficient (Wildman–Crippen LogP) is 4.73. The second-order valence-electron chi connectivity index (χ2n) is 6.19. The largest absolute Gasteiger partial charge is 0.452 e. The number of nitrogens with zero attached hydrogens (tertiary/aromatic N) is 2. The monoisotopic (exact) mass is 414 g/mol. The molecule has 1 aromatic heterocycles. The van der Waals surface area contributed by atoms with Gasteiger partial charge in [0.2, 0.25) is 0 Å². The Kier molecular flexibility index (Phi) is 6.44. The number of hydrogen-bond acceptors (Lipinski definition) is 5. The van der Waals surface area contributed by atoms with Crippen LogP contribution in [0.5, 0.6) is 0 Å². The van der Waals surface area contributed by atoms with Crippen LogP contribution in [-0.4, -0.2) is 35.4 Å². The Bertz CT molecular complexity index is 981. The van der Waals surface area contributed by atoms with Gasteiger partial charge < -0.3 is 9.64 Å². The van der Waals surface area contributed by atoms with Crippen LogP contribution >= 0.6 is 22.9 Å². The van der Waals surface area contributed by atoms with Gasteiger partial charge in [0.05, 0.1) is 16.3 Å². The highest BCUT2D eigenvalue weighted by Crippen LogP contribution is 2.28. The molecule has 0 saturated carbocycles. The summed E-state index contributed by atoms with van der Waals surface area (Å²) in [7, 11) is 1.68. The smallest absolute Gasteiger partial charge is 0.331 e. The third kappa shape index (κ3) is 4.97. The van der Waals surface area contributed by atoms with E-state index in [-0.39, 0.29) is 18.6 Å². The molecule has 0 aliphatic heterocycles. The molecule has 1 amide bonds. The molecular formula is C21H19ClN2O3S. The van der Waals surface area contributed by atoms with Gasteiger partial charge in [-0.2, -0.15) is 0 Å². The van der Waals surface area contributed by atoms with Crippen molar-refractivity contribution in [2.24, 2.45) is 0 Å². The number of para-hydroxylation sites is 1. The highest BCUT2D eigenvalue weighted by atomic mass is 35.5. The minimum atomic E-state index is -0.579. The van der Waals surface area contributed by atoms with Gasteiger partial charge in [0.15, 0.2) is 6.61 Å². The van der Waals surface area contributed by atoms with Crippen LogP contribution in [0.15, 0.2) is 54.6 Å². The number of esters is 1. The lowest BCUT2D eigenvalue weighted by molar-refractivity contribution is -0.148. The molecule has 0 radical (unpaired) electrons. The van der Waals surface area contributed by atoms with E-state index in [4.69, 9.17) is 16.3 Å². The Morgan fingerprint density at radius 3 is 2.64 bits per heavy atom. The fraction of sp³-hybridized carbons (Fsp3) is 0.190. The average Bonchev–Trinajstić information content (AvgIpc) is 3.14. The third-order valence-corrected chi connectivity index (χ3v) is 5.72. The number of carbonyl (C=O) groups is 2. The molecule has 0 aliphatic carbocycles. The zero-order valence-electron chi connectivity index (χ0n) is 15.5. The van der Waals surface area contributed by atoms with Gasteiger partial charge in [0.1, 0.15) is 5.01 Å². The minimum absolute atomic E-state index is 0.215. The van der Waals surface area contributed by atoms with Crippen molar-refractivity contribution in [1.29, 1.82) is 0 Å². The highest BCUT2D eigenvalue weighted by Gasteiger charge is 2.21. The highest BCUT2D eigenvalue weighted by molar-refractivity contribution is 7.18. The van der Waals surface area contributed by atoms with E-state index in [1.165, 1.54) is 11.0 Å². The summed E-state index contributed by atoms with van der Waals surface area (Å²) in [5.74, 6) is -0.871. The molecular weight excluding hydrogens is 396 g/mol. The van der Waals surface area contributed by atoms with Crippen molar-refractivity contribution in [3.63, 3.8) is 0 Å². The number of halogens is 1. The Hall–Kier alpha value is -2.70. The molecule has 0 aliphatic rings. The van der Waals surface area contributed by atoms with Crippen molar-refractivity contribution in [3.8, 4) is 0 Å². The van der Waals surface area contributed by atoms with Crippen LogP contribution in [0.4, 0.5) is 0 Å². The van der Waals surface area contributed by atoms with E-state index in [0.717, 1.165) is 20.8 Å². The second kappa shape index (κ2) is 8.99. The SMILES string of the molecule is C[C@@H](c1nc2ccccc2s1)N(C)C(=O)COC(=O)/C=C/c1ccc(Cl)cc1. The van der Waals surface area contributed by atoms with Crippen LogP contribution in [0.3, 0.4) is 0 Å². The van der Waals surface area contributed by atoms with Gasteiger partial charge in [-0.05, 0) is 42.8 Å². The predicted molar refractivity (Wildman–Crippen MR) is 112 cm³/mol. The topological polar surface area (TPSA) is 59.5 Å². The van der Waals surface area contributed by atoms with E-state index in [9.17, 15) is 9.59 Å². The zero-order chi connectivity index (χ0) is 20.1. The number of rotatable bonds is 6. The maximum atomic E-state index is 12.4. The quantitative estimate of drug-likeness (QED) is 0.432. The van der Waals surface area contributed by atoms with Gasteiger partial charge in [0.25, 0.3) is 5.91 Å². The molecule has 0 bridgehead atoms. The Labute approximate surface area is 172 Å². The summed E-state index contributed by atoms with van der Waals surface area (Å²) >= 11 is 7.37. The van der Waals surface area contributed by atoms with Crippen molar-refractivity contribution in [2.75, 3.05) is 13.7 Å². The first-order valence-electron chi connectivity index (χ1n) is 8.65. The number of ether oxygens (including phenoxy) is 1. The first-order chi connectivity index (χ1) is 13.4. The number of hydrogen-bond donors (Lipinski definition) is 0. The first-order valence-corrected chi connectivity index (χ1v) is 9.85. The van der Waals surface area contributed by atoms with Gasteiger partial charge >= 0.3 is 5.97 Å². The zero-order valence-corrected chi connectivity index (χ0v) is 17.0. The van der Waals surface area contributed by atoms with Crippen LogP contribution in [0, 0.1) is 0 Å². The molecule has 0 fully saturated rings. The van der Waals surface area contributed by atoms with E-state index in [2.05, 4.69) is 4.98 Å². The first kappa shape index (κ1) is 20.0. The van der Waals surface area contributed by atoms with Gasteiger partial charge in [-0.25, -0.2) is 9.78 Å². The molecule has 2 aromatic carbocycles. The van der Waals surface area contributed by atoms with Gasteiger partial charge in [-0.15, -0.1) is 11.3 Å². The van der Waals surface area contributed by atoms with E-state index < -0.39 is 5.97 Å². The molecule has 5 nitrogen and oxygen atoms in total. The Morgan fingerprint density at radius 1 is 1.21 bits per heavy atom. The molecule has 1 atom stereocenters. The molecule has 0 N–H and O–H groups in total. The number of aromatic nitrogens is 1. The molecule has 28 heavy (non-hydrogen) atoms. The molecule has 0 unspecified atom stereocenters. The van der Waals surface area contributed by atoms with E-state index >= 15 is 0 Å². The van der Waals surface area contributed by atoms with Gasteiger partial charge in [-0.1, -0.05) is 35.9 Å². The van der Waals surface area contributed by atoms with Crippen molar-refractivity contribution in [3.05, 3.63) is 70.2 Å². The van der Waals surface area contributed by atoms with E-state index in [1.807, 2.05) is 31.2 Å². The van der Waals surface area contributed by atoms with Crippen LogP contribution in [-0.2, 0) is 14.3 Å². The summed E-state index contributed by atoms with van der Waals surface area (Å²) in [6.45, 7) is 1.58. The molecule has 3 rings (SSSR count). The third-order valence-electron chi connectivity index (χ3n) is 4.26. The number of fused-ring (bicyclic) bond motifs is 1. The second-order valence-corrected chi connectivity index (χ2v) is 7.69. The number of likely N-dealkylation sites (N-methyl/N-ethyl adjacent to an activating group) is 1. The van der Waals surface area contributed by atoms with Gasteiger partial charge in [-0.3, -0.25) is 4.79 Å². The Balaban J connectivity index is 1.54. The summed E-state index contributed by atoms with van der Waals surface area (Å²) < 4.78 is 6.13. The molecule has 144 valence electrons. The number of benzene rings is 2. The molecule has 3 aromatic rings. The lowest BCUT2D eigenvalue weighted by Gasteiger charge is -2.22. The number of amides is 1. The molecule has 1 heterocycles. The fourth-order valence-corrected chi connectivity index (χ4v) is 3.66. The summed E-state index contributed by atoms with van der Waals surface area (Å²) in [6.07, 6.45) is 2.89. The fourth-order valence-electron chi connectivity index (χ4n) is 2.47. The lowest BCUT2D eigenvalue weighted by atomic mass is 10.2. The van der Waals surface area contributed by atoms with Crippen LogP contribution in [0.25, 0.3) is 16.3 Å². The maximum Gasteiger partial charge on any atom is 0.331 e.